The zero-order chi connectivity index (χ0) is 17.4. The third kappa shape index (κ3) is 6.54. The van der Waals surface area contributed by atoms with Crippen molar-refractivity contribution in [2.75, 3.05) is 13.2 Å². The van der Waals surface area contributed by atoms with Crippen LogP contribution in [-0.4, -0.2) is 36.4 Å². The number of aryl methyl sites for hydroxylation is 1. The first kappa shape index (κ1) is 19.4. The highest BCUT2D eigenvalue weighted by Crippen LogP contribution is 2.20. The summed E-state index contributed by atoms with van der Waals surface area (Å²) < 4.78 is 24.1. The number of aliphatic hydroxyl groups is 1. The molecule has 0 fully saturated rings. The number of rotatable bonds is 9. The van der Waals surface area contributed by atoms with Gasteiger partial charge in [0.15, 0.2) is 11.6 Å². The molecular weight excluding hydrogens is 301 g/mol. The minimum Gasteiger partial charge on any atom is -0.488 e. The number of carbonyl (C=O) groups is 1. The van der Waals surface area contributed by atoms with Crippen LogP contribution in [0.2, 0.25) is 0 Å². The quantitative estimate of drug-likeness (QED) is 0.678. The monoisotopic (exact) mass is 327 g/mol. The number of ether oxygens (including phenoxy) is 2. The maximum Gasteiger partial charge on any atom is 0.306 e. The van der Waals surface area contributed by atoms with E-state index >= 15 is 0 Å². The maximum absolute atomic E-state index is 14.0. The molecule has 6 heteroatoms. The lowest BCUT2D eigenvalue weighted by Crippen LogP contribution is -2.42. The van der Waals surface area contributed by atoms with E-state index in [4.69, 9.17) is 15.2 Å². The van der Waals surface area contributed by atoms with Gasteiger partial charge in [0.2, 0.25) is 0 Å². The third-order valence-electron chi connectivity index (χ3n) is 3.54. The van der Waals surface area contributed by atoms with Crippen LogP contribution in [0.1, 0.15) is 32.8 Å². The van der Waals surface area contributed by atoms with Gasteiger partial charge in [0, 0.05) is 12.5 Å². The first-order valence-electron chi connectivity index (χ1n) is 7.85. The molecule has 2 atom stereocenters. The molecule has 1 aromatic carbocycles. The Morgan fingerprint density at radius 3 is 2.65 bits per heavy atom. The third-order valence-corrected chi connectivity index (χ3v) is 3.54. The Labute approximate surface area is 136 Å². The fourth-order valence-corrected chi connectivity index (χ4v) is 2.03. The first-order chi connectivity index (χ1) is 10.8. The number of esters is 1. The van der Waals surface area contributed by atoms with E-state index in [1.165, 1.54) is 12.1 Å². The average molecular weight is 327 g/mol. The minimum absolute atomic E-state index is 0.0555. The molecule has 0 spiro atoms. The Morgan fingerprint density at radius 1 is 1.39 bits per heavy atom. The van der Waals surface area contributed by atoms with Crippen molar-refractivity contribution in [3.8, 4) is 5.75 Å². The molecule has 0 heterocycles. The summed E-state index contributed by atoms with van der Waals surface area (Å²) in [5.41, 5.74) is 6.49. The van der Waals surface area contributed by atoms with E-state index in [0.717, 1.165) is 0 Å². The van der Waals surface area contributed by atoms with Crippen molar-refractivity contribution >= 4 is 5.97 Å². The fourth-order valence-electron chi connectivity index (χ4n) is 2.03. The van der Waals surface area contributed by atoms with Crippen LogP contribution in [0.25, 0.3) is 0 Å². The highest BCUT2D eigenvalue weighted by Gasteiger charge is 2.19. The Morgan fingerprint density at radius 2 is 2.09 bits per heavy atom. The van der Waals surface area contributed by atoms with Gasteiger partial charge in [0.05, 0.1) is 6.61 Å². The van der Waals surface area contributed by atoms with Crippen LogP contribution >= 0.6 is 0 Å². The molecule has 0 saturated carbocycles. The van der Waals surface area contributed by atoms with E-state index < -0.39 is 18.0 Å². The molecule has 0 aromatic heterocycles. The number of carbonyl (C=O) groups excluding carboxylic acids is 1. The van der Waals surface area contributed by atoms with Crippen molar-refractivity contribution in [2.45, 2.75) is 45.8 Å². The molecule has 130 valence electrons. The SMILES string of the molecule is CCOC(=O)CCc1ccc(OCC(O)C(N)C(C)C)c(F)c1. The zero-order valence-electron chi connectivity index (χ0n) is 13.9. The fraction of sp³-hybridized carbons (Fsp3) is 0.588. The van der Waals surface area contributed by atoms with E-state index in [0.29, 0.717) is 18.6 Å². The van der Waals surface area contributed by atoms with Crippen molar-refractivity contribution in [1.82, 2.24) is 0 Å². The maximum atomic E-state index is 14.0. The van der Waals surface area contributed by atoms with Crippen LogP contribution in [0.15, 0.2) is 18.2 Å². The summed E-state index contributed by atoms with van der Waals surface area (Å²) in [6.07, 6.45) is -0.260. The van der Waals surface area contributed by atoms with Gasteiger partial charge in [-0.2, -0.15) is 0 Å². The van der Waals surface area contributed by atoms with Gasteiger partial charge in [-0.25, -0.2) is 4.39 Å². The summed E-state index contributed by atoms with van der Waals surface area (Å²) in [6, 6.07) is 4.07. The standard InChI is InChI=1S/C17H26FNO4/c1-4-22-16(21)8-6-12-5-7-15(13(18)9-12)23-10-14(20)17(19)11(2)3/h5,7,9,11,14,17,20H,4,6,8,10,19H2,1-3H3. The highest BCUT2D eigenvalue weighted by molar-refractivity contribution is 5.69. The molecule has 2 unspecified atom stereocenters. The van der Waals surface area contributed by atoms with Crippen LogP contribution in [0, 0.1) is 11.7 Å². The molecule has 1 aromatic rings. The number of hydrogen-bond acceptors (Lipinski definition) is 5. The molecule has 0 saturated heterocycles. The summed E-state index contributed by atoms with van der Waals surface area (Å²) in [6.45, 7) is 5.79. The molecule has 0 aliphatic rings. The Kier molecular flexibility index (Phi) is 7.98. The topological polar surface area (TPSA) is 81.8 Å². The largest absolute Gasteiger partial charge is 0.488 e. The predicted octanol–water partition coefficient (Wildman–Crippen LogP) is 2.04. The number of benzene rings is 1. The van der Waals surface area contributed by atoms with Gasteiger partial charge in [-0.1, -0.05) is 19.9 Å². The van der Waals surface area contributed by atoms with Gasteiger partial charge >= 0.3 is 5.97 Å². The summed E-state index contributed by atoms with van der Waals surface area (Å²) in [7, 11) is 0. The molecule has 0 bridgehead atoms. The summed E-state index contributed by atoms with van der Waals surface area (Å²) >= 11 is 0. The smallest absolute Gasteiger partial charge is 0.306 e. The molecule has 1 rings (SSSR count). The lowest BCUT2D eigenvalue weighted by molar-refractivity contribution is -0.143. The van der Waals surface area contributed by atoms with E-state index in [1.54, 1.807) is 13.0 Å². The van der Waals surface area contributed by atoms with Gasteiger partial charge in [-0.15, -0.1) is 0 Å². The number of aliphatic hydroxyl groups excluding tert-OH is 1. The second-order valence-corrected chi connectivity index (χ2v) is 5.77. The minimum atomic E-state index is -0.863. The predicted molar refractivity (Wildman–Crippen MR) is 85.7 cm³/mol. The normalized spacial score (nSPS) is 13.7. The van der Waals surface area contributed by atoms with Crippen LogP contribution < -0.4 is 10.5 Å². The second kappa shape index (κ2) is 9.47. The lowest BCUT2D eigenvalue weighted by atomic mass is 10.0. The molecule has 5 nitrogen and oxygen atoms in total. The number of nitrogens with two attached hydrogens (primary N) is 1. The first-order valence-corrected chi connectivity index (χ1v) is 7.85. The van der Waals surface area contributed by atoms with E-state index in [9.17, 15) is 14.3 Å². The summed E-state index contributed by atoms with van der Waals surface area (Å²) in [5.74, 6) is -0.681. The van der Waals surface area contributed by atoms with Crippen LogP contribution in [0.4, 0.5) is 4.39 Å². The Balaban J connectivity index is 2.54. The molecule has 3 N–H and O–H groups in total. The van der Waals surface area contributed by atoms with Crippen LogP contribution in [0.5, 0.6) is 5.75 Å². The van der Waals surface area contributed by atoms with Gasteiger partial charge in [0.1, 0.15) is 12.7 Å². The van der Waals surface area contributed by atoms with Gasteiger partial charge < -0.3 is 20.3 Å². The van der Waals surface area contributed by atoms with Gasteiger partial charge in [0.25, 0.3) is 0 Å². The highest BCUT2D eigenvalue weighted by atomic mass is 19.1. The van der Waals surface area contributed by atoms with Gasteiger partial charge in [-0.3, -0.25) is 4.79 Å². The number of halogens is 1. The van der Waals surface area contributed by atoms with Crippen molar-refractivity contribution in [3.05, 3.63) is 29.6 Å². The van der Waals surface area contributed by atoms with E-state index in [-0.39, 0.29) is 30.7 Å². The van der Waals surface area contributed by atoms with Crippen molar-refractivity contribution in [2.24, 2.45) is 11.7 Å². The molecular formula is C17H26FNO4. The second-order valence-electron chi connectivity index (χ2n) is 5.77. The Hall–Kier alpha value is -1.66. The molecule has 0 aliphatic heterocycles. The lowest BCUT2D eigenvalue weighted by Gasteiger charge is -2.22. The Bertz CT molecular complexity index is 507. The summed E-state index contributed by atoms with van der Waals surface area (Å²) in [5, 5.41) is 9.87. The van der Waals surface area contributed by atoms with Crippen LogP contribution in [-0.2, 0) is 16.0 Å². The van der Waals surface area contributed by atoms with Crippen molar-refractivity contribution in [3.63, 3.8) is 0 Å². The van der Waals surface area contributed by atoms with E-state index in [1.807, 2.05) is 13.8 Å². The average Bonchev–Trinajstić information content (AvgIpc) is 2.51. The van der Waals surface area contributed by atoms with Crippen molar-refractivity contribution < 1.29 is 23.8 Å². The van der Waals surface area contributed by atoms with Gasteiger partial charge in [-0.05, 0) is 37.0 Å². The molecule has 0 aliphatic carbocycles. The number of hydrogen-bond donors (Lipinski definition) is 2. The van der Waals surface area contributed by atoms with Crippen LogP contribution in [0.3, 0.4) is 0 Å². The molecule has 0 amide bonds. The molecule has 0 radical (unpaired) electrons. The zero-order valence-corrected chi connectivity index (χ0v) is 13.9. The van der Waals surface area contributed by atoms with Crippen molar-refractivity contribution in [1.29, 1.82) is 0 Å². The summed E-state index contributed by atoms with van der Waals surface area (Å²) in [4.78, 5) is 11.3. The van der Waals surface area contributed by atoms with E-state index in [2.05, 4.69) is 0 Å². The molecule has 23 heavy (non-hydrogen) atoms.